The summed E-state index contributed by atoms with van der Waals surface area (Å²) in [5, 5.41) is 0.513. The van der Waals surface area contributed by atoms with Gasteiger partial charge in [-0.3, -0.25) is 0 Å². The van der Waals surface area contributed by atoms with Gasteiger partial charge in [-0.05, 0) is 12.1 Å². The second-order valence-corrected chi connectivity index (χ2v) is 7.11. The zero-order chi connectivity index (χ0) is 12.9. The first-order valence-corrected chi connectivity index (χ1v) is 7.95. The summed E-state index contributed by atoms with van der Waals surface area (Å²) in [5.41, 5.74) is 0. The van der Waals surface area contributed by atoms with Crippen LogP contribution in [0.3, 0.4) is 0 Å². The maximum absolute atomic E-state index is 11.4. The maximum atomic E-state index is 11.4. The molecule has 0 spiro atoms. The quantitative estimate of drug-likeness (QED) is 0.746. The number of sulfonamides is 1. The Balaban J connectivity index is 2.47. The number of para-hydroxylation sites is 1. The van der Waals surface area contributed by atoms with Crippen molar-refractivity contribution in [3.8, 4) is 5.75 Å². The average molecular weight is 343 g/mol. The van der Waals surface area contributed by atoms with Crippen LogP contribution in [0.4, 0.5) is 0 Å². The van der Waals surface area contributed by atoms with Crippen LogP contribution in [0.2, 0.25) is 5.02 Å². The standard InChI is InChI=1S/C10H13BrClNO3S/c1-13(17(14,15)8-11)6-7-16-10-5-3-2-4-9(10)12/h2-5H,6-8H2,1H3. The van der Waals surface area contributed by atoms with E-state index in [1.54, 1.807) is 24.3 Å². The first-order valence-electron chi connectivity index (χ1n) is 4.84. The Morgan fingerprint density at radius 2 is 2.06 bits per heavy atom. The SMILES string of the molecule is CN(CCOc1ccccc1Cl)S(=O)(=O)CBr. The predicted octanol–water partition coefficient (Wildman–Crippen LogP) is 2.33. The van der Waals surface area contributed by atoms with Gasteiger partial charge in [-0.2, -0.15) is 0 Å². The number of nitrogens with zero attached hydrogens (tertiary/aromatic N) is 1. The Morgan fingerprint density at radius 3 is 2.65 bits per heavy atom. The van der Waals surface area contributed by atoms with Gasteiger partial charge in [0, 0.05) is 13.6 Å². The van der Waals surface area contributed by atoms with E-state index in [2.05, 4.69) is 15.9 Å². The lowest BCUT2D eigenvalue weighted by molar-refractivity contribution is 0.287. The van der Waals surface area contributed by atoms with Gasteiger partial charge in [-0.1, -0.05) is 39.7 Å². The lowest BCUT2D eigenvalue weighted by Crippen LogP contribution is -2.31. The fourth-order valence-corrected chi connectivity index (χ4v) is 2.83. The molecule has 0 atom stereocenters. The molecule has 0 bridgehead atoms. The molecule has 1 aromatic rings. The Bertz CT molecular complexity index is 466. The number of hydrogen-bond donors (Lipinski definition) is 0. The Hall–Kier alpha value is -0.300. The molecule has 0 aliphatic carbocycles. The Labute approximate surface area is 115 Å². The van der Waals surface area contributed by atoms with Crippen LogP contribution < -0.4 is 4.74 Å². The van der Waals surface area contributed by atoms with E-state index < -0.39 is 10.0 Å². The van der Waals surface area contributed by atoms with Gasteiger partial charge in [0.25, 0.3) is 0 Å². The van der Waals surface area contributed by atoms with Crippen LogP contribution in [0, 0.1) is 0 Å². The summed E-state index contributed by atoms with van der Waals surface area (Å²) in [7, 11) is -1.72. The number of benzene rings is 1. The molecule has 0 saturated carbocycles. The fraction of sp³-hybridized carbons (Fsp3) is 0.400. The van der Waals surface area contributed by atoms with Crippen LogP contribution in [0.25, 0.3) is 0 Å². The molecule has 0 aliphatic heterocycles. The molecule has 0 aromatic heterocycles. The Kier molecular flexibility index (Phi) is 5.72. The van der Waals surface area contributed by atoms with Crippen LogP contribution >= 0.6 is 27.5 Å². The molecule has 96 valence electrons. The van der Waals surface area contributed by atoms with Crippen LogP contribution in [0.15, 0.2) is 24.3 Å². The zero-order valence-corrected chi connectivity index (χ0v) is 12.4. The minimum Gasteiger partial charge on any atom is -0.491 e. The van der Waals surface area contributed by atoms with Gasteiger partial charge >= 0.3 is 0 Å². The summed E-state index contributed by atoms with van der Waals surface area (Å²) in [6.07, 6.45) is 0. The largest absolute Gasteiger partial charge is 0.491 e. The van der Waals surface area contributed by atoms with Crippen molar-refractivity contribution in [1.82, 2.24) is 4.31 Å². The third-order valence-electron chi connectivity index (χ3n) is 2.11. The second-order valence-electron chi connectivity index (χ2n) is 3.32. The van der Waals surface area contributed by atoms with Crippen molar-refractivity contribution < 1.29 is 13.2 Å². The topological polar surface area (TPSA) is 46.6 Å². The normalized spacial score (nSPS) is 11.8. The average Bonchev–Trinajstić information content (AvgIpc) is 2.31. The molecule has 7 heteroatoms. The number of alkyl halides is 1. The number of rotatable bonds is 6. The number of likely N-dealkylation sites (N-methyl/N-ethyl adjacent to an activating group) is 1. The highest BCUT2D eigenvalue weighted by molar-refractivity contribution is 9.10. The lowest BCUT2D eigenvalue weighted by atomic mass is 10.3. The molecular formula is C10H13BrClNO3S. The molecule has 0 aliphatic rings. The molecule has 0 unspecified atom stereocenters. The van der Waals surface area contributed by atoms with Gasteiger partial charge in [-0.25, -0.2) is 12.7 Å². The van der Waals surface area contributed by atoms with Crippen molar-refractivity contribution in [3.63, 3.8) is 0 Å². The minimum absolute atomic E-state index is 0.0946. The lowest BCUT2D eigenvalue weighted by Gasteiger charge is -2.16. The van der Waals surface area contributed by atoms with E-state index in [1.807, 2.05) is 0 Å². The van der Waals surface area contributed by atoms with Crippen molar-refractivity contribution in [2.24, 2.45) is 0 Å². The zero-order valence-electron chi connectivity index (χ0n) is 9.27. The van der Waals surface area contributed by atoms with E-state index >= 15 is 0 Å². The highest BCUT2D eigenvalue weighted by atomic mass is 79.9. The van der Waals surface area contributed by atoms with Gasteiger partial charge in [-0.15, -0.1) is 0 Å². The van der Waals surface area contributed by atoms with Crippen molar-refractivity contribution in [3.05, 3.63) is 29.3 Å². The first kappa shape index (κ1) is 14.8. The molecule has 0 amide bonds. The molecule has 0 heterocycles. The first-order chi connectivity index (χ1) is 7.97. The minimum atomic E-state index is -3.23. The third kappa shape index (κ3) is 4.46. The maximum Gasteiger partial charge on any atom is 0.224 e. The summed E-state index contributed by atoms with van der Waals surface area (Å²) in [6, 6.07) is 7.06. The molecule has 0 N–H and O–H groups in total. The molecule has 0 saturated heterocycles. The van der Waals surface area contributed by atoms with E-state index in [9.17, 15) is 8.42 Å². The number of halogens is 2. The molecule has 0 fully saturated rings. The van der Waals surface area contributed by atoms with Crippen LogP contribution in [0.1, 0.15) is 0 Å². The van der Waals surface area contributed by atoms with Crippen molar-refractivity contribution in [2.75, 3.05) is 24.9 Å². The van der Waals surface area contributed by atoms with Gasteiger partial charge in [0.2, 0.25) is 10.0 Å². The molecule has 4 nitrogen and oxygen atoms in total. The van der Waals surface area contributed by atoms with Gasteiger partial charge < -0.3 is 4.74 Å². The summed E-state index contributed by atoms with van der Waals surface area (Å²) in [4.78, 5) is 0. The highest BCUT2D eigenvalue weighted by Crippen LogP contribution is 2.22. The smallest absolute Gasteiger partial charge is 0.224 e. The van der Waals surface area contributed by atoms with Crippen LogP contribution in [-0.2, 0) is 10.0 Å². The second kappa shape index (κ2) is 6.58. The van der Waals surface area contributed by atoms with Crippen molar-refractivity contribution >= 4 is 37.6 Å². The molecule has 17 heavy (non-hydrogen) atoms. The van der Waals surface area contributed by atoms with E-state index in [0.717, 1.165) is 0 Å². The fourth-order valence-electron chi connectivity index (χ4n) is 1.07. The van der Waals surface area contributed by atoms with Gasteiger partial charge in [0.15, 0.2) is 0 Å². The molecular weight excluding hydrogens is 330 g/mol. The highest BCUT2D eigenvalue weighted by Gasteiger charge is 2.15. The van der Waals surface area contributed by atoms with E-state index in [-0.39, 0.29) is 17.8 Å². The Morgan fingerprint density at radius 1 is 1.41 bits per heavy atom. The molecule has 1 rings (SSSR count). The number of ether oxygens (including phenoxy) is 1. The van der Waals surface area contributed by atoms with Gasteiger partial charge in [0.1, 0.15) is 17.0 Å². The summed E-state index contributed by atoms with van der Waals surface area (Å²) >= 11 is 8.82. The van der Waals surface area contributed by atoms with E-state index in [1.165, 1.54) is 11.4 Å². The number of hydrogen-bond acceptors (Lipinski definition) is 3. The van der Waals surface area contributed by atoms with E-state index in [4.69, 9.17) is 16.3 Å². The third-order valence-corrected chi connectivity index (χ3v) is 5.57. The van der Waals surface area contributed by atoms with Crippen LogP contribution in [-0.4, -0.2) is 37.6 Å². The summed E-state index contributed by atoms with van der Waals surface area (Å²) < 4.78 is 29.3. The van der Waals surface area contributed by atoms with Crippen molar-refractivity contribution in [2.45, 2.75) is 0 Å². The van der Waals surface area contributed by atoms with Crippen molar-refractivity contribution in [1.29, 1.82) is 0 Å². The molecule has 0 radical (unpaired) electrons. The van der Waals surface area contributed by atoms with Gasteiger partial charge in [0.05, 0.1) is 5.02 Å². The van der Waals surface area contributed by atoms with Crippen LogP contribution in [0.5, 0.6) is 5.75 Å². The summed E-state index contributed by atoms with van der Waals surface area (Å²) in [6.45, 7) is 0.533. The predicted molar refractivity (Wildman–Crippen MR) is 72.3 cm³/mol. The molecule has 1 aromatic carbocycles. The summed E-state index contributed by atoms with van der Waals surface area (Å²) in [5.74, 6) is 0.554. The monoisotopic (exact) mass is 341 g/mol. The van der Waals surface area contributed by atoms with E-state index in [0.29, 0.717) is 10.8 Å².